The fourth-order valence-electron chi connectivity index (χ4n) is 1.86. The van der Waals surface area contributed by atoms with E-state index in [0.29, 0.717) is 18.0 Å². The minimum Gasteiger partial charge on any atom is -0.449 e. The Morgan fingerprint density at radius 3 is 2.46 bits per heavy atom. The van der Waals surface area contributed by atoms with Gasteiger partial charge in [-0.1, -0.05) is 23.2 Å². The molecule has 8 heteroatoms. The van der Waals surface area contributed by atoms with Crippen LogP contribution < -0.4 is 10.2 Å². The summed E-state index contributed by atoms with van der Waals surface area (Å²) in [5.74, 6) is -0.478. The molecule has 126 valence electrons. The summed E-state index contributed by atoms with van der Waals surface area (Å²) in [6.07, 6.45) is -0.454. The van der Waals surface area contributed by atoms with Gasteiger partial charge in [-0.05, 0) is 43.3 Å². The molecule has 2 amide bonds. The summed E-state index contributed by atoms with van der Waals surface area (Å²) in [4.78, 5) is 29.1. The van der Waals surface area contributed by atoms with Crippen molar-refractivity contribution in [2.24, 2.45) is 0 Å². The lowest BCUT2D eigenvalue weighted by Gasteiger charge is -2.17. The number of ether oxygens (including phenoxy) is 1. The molecule has 0 fully saturated rings. The fraction of sp³-hybridized carbons (Fsp3) is 0.188. The van der Waals surface area contributed by atoms with E-state index in [1.807, 2.05) is 0 Å². The number of pyridine rings is 1. The van der Waals surface area contributed by atoms with Gasteiger partial charge >= 0.3 is 6.09 Å². The molecule has 0 atom stereocenters. The van der Waals surface area contributed by atoms with Crippen LogP contribution in [0.1, 0.15) is 17.4 Å². The molecule has 0 unspecified atom stereocenters. The van der Waals surface area contributed by atoms with Gasteiger partial charge in [0.2, 0.25) is 0 Å². The van der Waals surface area contributed by atoms with Crippen LogP contribution in [0.5, 0.6) is 0 Å². The van der Waals surface area contributed by atoms with Crippen molar-refractivity contribution in [1.29, 1.82) is 0 Å². The van der Waals surface area contributed by atoms with Gasteiger partial charge in [0, 0.05) is 18.4 Å². The number of hydrogen-bond acceptors (Lipinski definition) is 4. The summed E-state index contributed by atoms with van der Waals surface area (Å²) in [7, 11) is 1.60. The van der Waals surface area contributed by atoms with Crippen molar-refractivity contribution >= 4 is 46.6 Å². The number of nitrogens with one attached hydrogen (secondary N) is 1. The molecular formula is C16H15Cl2N3O3. The molecule has 1 aromatic carbocycles. The van der Waals surface area contributed by atoms with Crippen LogP contribution in [0.15, 0.2) is 36.4 Å². The zero-order chi connectivity index (χ0) is 17.7. The lowest BCUT2D eigenvalue weighted by molar-refractivity contribution is 0.102. The number of carbonyl (C=O) groups is 2. The van der Waals surface area contributed by atoms with Gasteiger partial charge in [-0.15, -0.1) is 0 Å². The fourth-order valence-corrected chi connectivity index (χ4v) is 2.20. The van der Waals surface area contributed by atoms with Crippen LogP contribution in [0.2, 0.25) is 10.2 Å². The molecule has 0 spiro atoms. The van der Waals surface area contributed by atoms with E-state index in [0.717, 1.165) is 0 Å². The number of anilines is 2. The number of rotatable bonds is 4. The van der Waals surface area contributed by atoms with Gasteiger partial charge in [0.25, 0.3) is 5.91 Å². The van der Waals surface area contributed by atoms with Crippen LogP contribution in [0.4, 0.5) is 16.2 Å². The zero-order valence-corrected chi connectivity index (χ0v) is 14.6. The van der Waals surface area contributed by atoms with E-state index in [1.165, 1.54) is 17.0 Å². The highest BCUT2D eigenvalue weighted by molar-refractivity contribution is 6.35. The maximum atomic E-state index is 12.2. The van der Waals surface area contributed by atoms with Crippen molar-refractivity contribution in [2.45, 2.75) is 6.92 Å². The van der Waals surface area contributed by atoms with Crippen molar-refractivity contribution < 1.29 is 14.3 Å². The largest absolute Gasteiger partial charge is 0.449 e. The van der Waals surface area contributed by atoms with Gasteiger partial charge < -0.3 is 10.1 Å². The molecule has 0 saturated carbocycles. The Kier molecular flexibility index (Phi) is 6.00. The lowest BCUT2D eigenvalue weighted by atomic mass is 10.2. The molecule has 1 heterocycles. The van der Waals surface area contributed by atoms with Gasteiger partial charge in [0.1, 0.15) is 10.8 Å². The number of nitrogens with zero attached hydrogens (tertiary/aromatic N) is 2. The van der Waals surface area contributed by atoms with Crippen molar-refractivity contribution in [3.63, 3.8) is 0 Å². The first-order chi connectivity index (χ1) is 11.4. The van der Waals surface area contributed by atoms with Crippen LogP contribution in [-0.2, 0) is 4.74 Å². The van der Waals surface area contributed by atoms with E-state index in [1.54, 1.807) is 38.2 Å². The van der Waals surface area contributed by atoms with Gasteiger partial charge in [-0.3, -0.25) is 9.69 Å². The van der Waals surface area contributed by atoms with Crippen LogP contribution >= 0.6 is 23.2 Å². The minimum atomic E-state index is -0.478. The minimum absolute atomic E-state index is 0.0388. The number of amides is 2. The predicted octanol–water partition coefficient (Wildman–Crippen LogP) is 4.23. The van der Waals surface area contributed by atoms with E-state index in [2.05, 4.69) is 10.3 Å². The highest BCUT2D eigenvalue weighted by atomic mass is 35.5. The Balaban J connectivity index is 2.10. The Morgan fingerprint density at radius 2 is 1.83 bits per heavy atom. The van der Waals surface area contributed by atoms with Crippen molar-refractivity contribution in [2.75, 3.05) is 23.9 Å². The first kappa shape index (κ1) is 18.0. The van der Waals surface area contributed by atoms with Crippen molar-refractivity contribution in [1.82, 2.24) is 4.98 Å². The van der Waals surface area contributed by atoms with Crippen LogP contribution in [0.3, 0.4) is 0 Å². The molecule has 2 aromatic rings. The van der Waals surface area contributed by atoms with Gasteiger partial charge in [-0.2, -0.15) is 0 Å². The molecular weight excluding hydrogens is 353 g/mol. The van der Waals surface area contributed by atoms with Gasteiger partial charge in [0.15, 0.2) is 0 Å². The Labute approximate surface area is 149 Å². The maximum Gasteiger partial charge on any atom is 0.413 e. The summed E-state index contributed by atoms with van der Waals surface area (Å²) >= 11 is 11.7. The molecule has 24 heavy (non-hydrogen) atoms. The summed E-state index contributed by atoms with van der Waals surface area (Å²) in [6, 6.07) is 9.67. The van der Waals surface area contributed by atoms with Gasteiger partial charge in [-0.25, -0.2) is 9.78 Å². The predicted molar refractivity (Wildman–Crippen MR) is 94.1 cm³/mol. The zero-order valence-electron chi connectivity index (χ0n) is 13.0. The second kappa shape index (κ2) is 7.99. The highest BCUT2D eigenvalue weighted by Gasteiger charge is 2.14. The normalized spacial score (nSPS) is 10.2. The number of benzene rings is 1. The molecule has 6 nitrogen and oxygen atoms in total. The van der Waals surface area contributed by atoms with E-state index in [4.69, 9.17) is 27.9 Å². The molecule has 0 bridgehead atoms. The summed E-state index contributed by atoms with van der Waals surface area (Å²) in [6.45, 7) is 2.03. The average Bonchev–Trinajstić information content (AvgIpc) is 2.57. The highest BCUT2D eigenvalue weighted by Crippen LogP contribution is 2.21. The Hall–Kier alpha value is -2.31. The maximum absolute atomic E-state index is 12.2. The third-order valence-corrected chi connectivity index (χ3v) is 3.60. The number of carbonyl (C=O) groups excluding carboxylic acids is 2. The molecule has 0 aliphatic carbocycles. The van der Waals surface area contributed by atoms with E-state index >= 15 is 0 Å². The molecule has 0 radical (unpaired) electrons. The van der Waals surface area contributed by atoms with E-state index in [-0.39, 0.29) is 15.9 Å². The molecule has 0 aliphatic heterocycles. The van der Waals surface area contributed by atoms with Crippen LogP contribution in [0.25, 0.3) is 0 Å². The molecule has 1 aromatic heterocycles. The van der Waals surface area contributed by atoms with E-state index < -0.39 is 12.0 Å². The number of aromatic nitrogens is 1. The average molecular weight is 368 g/mol. The van der Waals surface area contributed by atoms with Gasteiger partial charge in [0.05, 0.1) is 11.6 Å². The third kappa shape index (κ3) is 4.37. The topological polar surface area (TPSA) is 71.5 Å². The standard InChI is InChI=1S/C16H15Cl2N3O3/c1-3-24-16(23)21(2)11-6-4-10(5-7-11)19-15(22)14-12(17)8-9-13(18)20-14/h4-9H,3H2,1-2H3,(H,19,22). The van der Waals surface area contributed by atoms with Crippen LogP contribution in [-0.4, -0.2) is 30.6 Å². The number of halogens is 2. The quantitative estimate of drug-likeness (QED) is 0.820. The summed E-state index contributed by atoms with van der Waals surface area (Å²) in [5.41, 5.74) is 1.20. The lowest BCUT2D eigenvalue weighted by Crippen LogP contribution is -2.26. The van der Waals surface area contributed by atoms with E-state index in [9.17, 15) is 9.59 Å². The molecule has 1 N–H and O–H groups in total. The number of hydrogen-bond donors (Lipinski definition) is 1. The monoisotopic (exact) mass is 367 g/mol. The second-order valence-corrected chi connectivity index (χ2v) is 5.52. The second-order valence-electron chi connectivity index (χ2n) is 4.72. The molecule has 0 aliphatic rings. The third-order valence-electron chi connectivity index (χ3n) is 3.08. The summed E-state index contributed by atoms with van der Waals surface area (Å²) in [5, 5.41) is 3.05. The molecule has 0 saturated heterocycles. The molecule has 2 rings (SSSR count). The van der Waals surface area contributed by atoms with Crippen molar-refractivity contribution in [3.8, 4) is 0 Å². The first-order valence-corrected chi connectivity index (χ1v) is 7.82. The summed E-state index contributed by atoms with van der Waals surface area (Å²) < 4.78 is 4.92. The Bertz CT molecular complexity index is 751. The first-order valence-electron chi connectivity index (χ1n) is 7.06. The Morgan fingerprint density at radius 1 is 1.17 bits per heavy atom. The SMILES string of the molecule is CCOC(=O)N(C)c1ccc(NC(=O)c2nc(Cl)ccc2Cl)cc1. The van der Waals surface area contributed by atoms with Crippen molar-refractivity contribution in [3.05, 3.63) is 52.3 Å². The smallest absolute Gasteiger partial charge is 0.413 e. The van der Waals surface area contributed by atoms with Crippen LogP contribution in [0, 0.1) is 0 Å².